The van der Waals surface area contributed by atoms with E-state index in [1.54, 1.807) is 0 Å². The van der Waals surface area contributed by atoms with Crippen molar-refractivity contribution in [1.82, 2.24) is 0 Å². The molecule has 0 heterocycles. The van der Waals surface area contributed by atoms with Crippen molar-refractivity contribution in [3.63, 3.8) is 0 Å². The predicted octanol–water partition coefficient (Wildman–Crippen LogP) is 5.71. The van der Waals surface area contributed by atoms with Crippen molar-refractivity contribution in [2.75, 3.05) is 6.61 Å². The van der Waals surface area contributed by atoms with Crippen LogP contribution in [0.2, 0.25) is 0 Å². The van der Waals surface area contributed by atoms with Crippen LogP contribution in [0, 0.1) is 17.2 Å². The lowest BCUT2D eigenvalue weighted by atomic mass is 10.1. The summed E-state index contributed by atoms with van der Waals surface area (Å²) >= 11 is 0. The lowest BCUT2D eigenvalue weighted by Crippen LogP contribution is -2.06. The van der Waals surface area contributed by atoms with Crippen LogP contribution in [0.1, 0.15) is 37.0 Å². The number of allylic oxidation sites excluding steroid dienone is 2. The van der Waals surface area contributed by atoms with Crippen LogP contribution in [-0.4, -0.2) is 6.61 Å². The van der Waals surface area contributed by atoms with Crippen LogP contribution in [0.15, 0.2) is 60.7 Å². The number of benzene rings is 2. The second kappa shape index (κ2) is 9.37. The average molecular weight is 317 g/mol. The number of hydrogen-bond acceptors (Lipinski definition) is 2. The summed E-state index contributed by atoms with van der Waals surface area (Å²) in [6.45, 7) is 5.13. The summed E-state index contributed by atoms with van der Waals surface area (Å²) in [4.78, 5) is 0. The first-order chi connectivity index (χ1) is 11.7. The van der Waals surface area contributed by atoms with Gasteiger partial charge in [-0.15, -0.1) is 0 Å². The molecule has 0 fully saturated rings. The summed E-state index contributed by atoms with van der Waals surface area (Å²) < 4.78 is 5.76. The van der Waals surface area contributed by atoms with Crippen molar-refractivity contribution in [3.8, 4) is 11.8 Å². The van der Waals surface area contributed by atoms with Crippen molar-refractivity contribution in [3.05, 3.63) is 77.4 Å². The number of ether oxygens (including phenoxy) is 1. The van der Waals surface area contributed by atoms with Gasteiger partial charge >= 0.3 is 0 Å². The van der Waals surface area contributed by atoms with Crippen LogP contribution in [0.5, 0.6) is 5.75 Å². The van der Waals surface area contributed by atoms with Gasteiger partial charge < -0.3 is 4.74 Å². The maximum atomic E-state index is 8.77. The molecule has 0 radical (unpaired) electrons. The largest absolute Gasteiger partial charge is 0.493 e. The van der Waals surface area contributed by atoms with Gasteiger partial charge in [0.05, 0.1) is 18.2 Å². The molecule has 0 saturated heterocycles. The van der Waals surface area contributed by atoms with Gasteiger partial charge in [0.25, 0.3) is 0 Å². The quantitative estimate of drug-likeness (QED) is 0.613. The summed E-state index contributed by atoms with van der Waals surface area (Å²) in [5.41, 5.74) is 2.89. The van der Waals surface area contributed by atoms with E-state index in [4.69, 9.17) is 10.00 Å². The van der Waals surface area contributed by atoms with Crippen molar-refractivity contribution in [1.29, 1.82) is 5.26 Å². The van der Waals surface area contributed by atoms with E-state index in [9.17, 15) is 0 Å². The zero-order valence-electron chi connectivity index (χ0n) is 14.3. The van der Waals surface area contributed by atoms with Gasteiger partial charge in [0.2, 0.25) is 0 Å². The first kappa shape index (κ1) is 17.6. The van der Waals surface area contributed by atoms with Gasteiger partial charge in [-0.3, -0.25) is 0 Å². The van der Waals surface area contributed by atoms with E-state index in [1.807, 2.05) is 54.6 Å². The first-order valence-corrected chi connectivity index (χ1v) is 8.29. The number of hydrogen-bond donors (Lipinski definition) is 0. The second-order valence-corrected chi connectivity index (χ2v) is 5.85. The third-order valence-corrected chi connectivity index (χ3v) is 3.84. The zero-order chi connectivity index (χ0) is 17.2. The maximum Gasteiger partial charge on any atom is 0.119 e. The summed E-state index contributed by atoms with van der Waals surface area (Å²) in [6, 6.07) is 17.8. The molecule has 0 N–H and O–H groups in total. The van der Waals surface area contributed by atoms with E-state index in [0.717, 1.165) is 29.9 Å². The minimum atomic E-state index is 0.580. The van der Waals surface area contributed by atoms with E-state index < -0.39 is 0 Å². The Balaban J connectivity index is 1.87. The van der Waals surface area contributed by atoms with Gasteiger partial charge in [0.1, 0.15) is 5.75 Å². The Kier molecular flexibility index (Phi) is 6.86. The molecule has 0 aliphatic heterocycles. The highest BCUT2D eigenvalue weighted by atomic mass is 16.5. The monoisotopic (exact) mass is 317 g/mol. The van der Waals surface area contributed by atoms with Gasteiger partial charge in [-0.2, -0.15) is 5.26 Å². The smallest absolute Gasteiger partial charge is 0.119 e. The normalized spacial score (nSPS) is 12.4. The molecule has 0 bridgehead atoms. The lowest BCUT2D eigenvalue weighted by molar-refractivity contribution is 0.256. The molecule has 0 aromatic heterocycles. The molecule has 0 aliphatic carbocycles. The standard InChI is InChI=1S/C22H23NO/c1-3-18(2)17-24-22-14-12-20(13-15-22)7-5-4-6-19-8-10-21(16-23)11-9-19/h4-15,18H,3,17H2,1-2H3/b6-4+,7-5+. The average Bonchev–Trinajstić information content (AvgIpc) is 2.64. The fraction of sp³-hybridized carbons (Fsp3) is 0.227. The molecule has 2 rings (SSSR count). The summed E-state index contributed by atoms with van der Waals surface area (Å²) in [5.74, 6) is 1.50. The lowest BCUT2D eigenvalue weighted by Gasteiger charge is -2.10. The van der Waals surface area contributed by atoms with Gasteiger partial charge in [-0.05, 0) is 41.3 Å². The van der Waals surface area contributed by atoms with E-state index >= 15 is 0 Å². The summed E-state index contributed by atoms with van der Waals surface area (Å²) in [6.07, 6.45) is 9.20. The highest BCUT2D eigenvalue weighted by Gasteiger charge is 1.99. The molecule has 0 saturated carbocycles. The van der Waals surface area contributed by atoms with Crippen LogP contribution >= 0.6 is 0 Å². The highest BCUT2D eigenvalue weighted by Crippen LogP contribution is 2.15. The fourth-order valence-electron chi connectivity index (χ4n) is 2.03. The molecule has 122 valence electrons. The molecule has 1 unspecified atom stereocenters. The van der Waals surface area contributed by atoms with Crippen LogP contribution in [0.25, 0.3) is 12.2 Å². The first-order valence-electron chi connectivity index (χ1n) is 8.29. The summed E-state index contributed by atoms with van der Waals surface area (Å²) in [5, 5.41) is 8.77. The highest BCUT2D eigenvalue weighted by molar-refractivity contribution is 5.58. The Morgan fingerprint density at radius 3 is 2.00 bits per heavy atom. The van der Waals surface area contributed by atoms with E-state index in [0.29, 0.717) is 11.5 Å². The van der Waals surface area contributed by atoms with Crippen molar-refractivity contribution in [2.24, 2.45) is 5.92 Å². The topological polar surface area (TPSA) is 33.0 Å². The second-order valence-electron chi connectivity index (χ2n) is 5.85. The van der Waals surface area contributed by atoms with Gasteiger partial charge in [-0.1, -0.05) is 68.8 Å². The Morgan fingerprint density at radius 2 is 1.50 bits per heavy atom. The molecule has 2 nitrogen and oxygen atoms in total. The van der Waals surface area contributed by atoms with Gasteiger partial charge in [-0.25, -0.2) is 0 Å². The van der Waals surface area contributed by atoms with E-state index in [2.05, 4.69) is 38.1 Å². The Morgan fingerprint density at radius 1 is 0.958 bits per heavy atom. The Hall–Kier alpha value is -2.79. The molecule has 0 amide bonds. The third kappa shape index (κ3) is 5.78. The molecule has 24 heavy (non-hydrogen) atoms. The van der Waals surface area contributed by atoms with Gasteiger partial charge in [0.15, 0.2) is 0 Å². The van der Waals surface area contributed by atoms with Crippen LogP contribution in [-0.2, 0) is 0 Å². The minimum absolute atomic E-state index is 0.580. The van der Waals surface area contributed by atoms with Crippen LogP contribution < -0.4 is 4.74 Å². The maximum absolute atomic E-state index is 8.77. The Labute approximate surface area is 144 Å². The molecule has 2 aromatic rings. The zero-order valence-corrected chi connectivity index (χ0v) is 14.3. The number of rotatable bonds is 7. The molecule has 1 atom stereocenters. The molecular weight excluding hydrogens is 294 g/mol. The third-order valence-electron chi connectivity index (χ3n) is 3.84. The van der Waals surface area contributed by atoms with Gasteiger partial charge in [0, 0.05) is 0 Å². The predicted molar refractivity (Wildman–Crippen MR) is 101 cm³/mol. The van der Waals surface area contributed by atoms with Crippen LogP contribution in [0.3, 0.4) is 0 Å². The SMILES string of the molecule is CCC(C)COc1ccc(/C=C/C=C/c2ccc(C#N)cc2)cc1. The molecule has 0 spiro atoms. The number of nitrogens with zero attached hydrogens (tertiary/aromatic N) is 1. The van der Waals surface area contributed by atoms with E-state index in [1.165, 1.54) is 0 Å². The number of nitriles is 1. The Bertz CT molecular complexity index is 718. The molecule has 2 aromatic carbocycles. The van der Waals surface area contributed by atoms with E-state index in [-0.39, 0.29) is 0 Å². The molecule has 2 heteroatoms. The van der Waals surface area contributed by atoms with Crippen LogP contribution in [0.4, 0.5) is 0 Å². The molecular formula is C22H23NO. The van der Waals surface area contributed by atoms with Crippen molar-refractivity contribution >= 4 is 12.2 Å². The van der Waals surface area contributed by atoms with Crippen molar-refractivity contribution in [2.45, 2.75) is 20.3 Å². The minimum Gasteiger partial charge on any atom is -0.493 e. The molecule has 0 aliphatic rings. The summed E-state index contributed by atoms with van der Waals surface area (Å²) in [7, 11) is 0. The fourth-order valence-corrected chi connectivity index (χ4v) is 2.03. The van der Waals surface area contributed by atoms with Crippen molar-refractivity contribution < 1.29 is 4.74 Å².